The van der Waals surface area contributed by atoms with Crippen LogP contribution in [0.5, 0.6) is 0 Å². The largest absolute Gasteiger partial charge is 0.303 e. The molecule has 0 fully saturated rings. The van der Waals surface area contributed by atoms with E-state index in [0.29, 0.717) is 0 Å². The Morgan fingerprint density at radius 2 is 1.95 bits per heavy atom. The van der Waals surface area contributed by atoms with Gasteiger partial charge >= 0.3 is 0 Å². The second-order valence-electron chi connectivity index (χ2n) is 5.73. The third kappa shape index (κ3) is 3.13. The van der Waals surface area contributed by atoms with Crippen LogP contribution in [0.4, 0.5) is 0 Å². The molecule has 2 heterocycles. The smallest absolute Gasteiger partial charge is 0.0766 e. The van der Waals surface area contributed by atoms with Crippen molar-refractivity contribution in [1.29, 1.82) is 0 Å². The van der Waals surface area contributed by atoms with Gasteiger partial charge in [0.1, 0.15) is 0 Å². The third-order valence-corrected chi connectivity index (χ3v) is 5.41. The van der Waals surface area contributed by atoms with Crippen molar-refractivity contribution in [3.05, 3.63) is 39.6 Å². The summed E-state index contributed by atoms with van der Waals surface area (Å²) in [5.41, 5.74) is 4.91. The van der Waals surface area contributed by atoms with Gasteiger partial charge in [0.2, 0.25) is 0 Å². The zero-order chi connectivity index (χ0) is 15.5. The maximum absolute atomic E-state index is 4.43. The number of thiophene rings is 1. The molecule has 0 N–H and O–H groups in total. The summed E-state index contributed by atoms with van der Waals surface area (Å²) in [5, 5.41) is 8.87. The minimum Gasteiger partial charge on any atom is -0.303 e. The van der Waals surface area contributed by atoms with E-state index in [-0.39, 0.29) is 0 Å². The zero-order valence-electron chi connectivity index (χ0n) is 13.6. The standard InChI is InChI=1S/C18H23N3S/c1-4-21(5-2)11-10-16-15-8-7-14(12-17(15)20-19-16)18-9-6-13(3)22-18/h6-9H,4-5,10-12H2,1-3H3. The number of nitrogens with zero attached hydrogens (tertiary/aromatic N) is 3. The van der Waals surface area contributed by atoms with E-state index in [0.717, 1.165) is 43.9 Å². The molecule has 22 heavy (non-hydrogen) atoms. The second kappa shape index (κ2) is 6.71. The van der Waals surface area contributed by atoms with Gasteiger partial charge in [-0.15, -0.1) is 11.3 Å². The van der Waals surface area contributed by atoms with Crippen molar-refractivity contribution in [3.8, 4) is 0 Å². The maximum Gasteiger partial charge on any atom is 0.0766 e. The summed E-state index contributed by atoms with van der Waals surface area (Å²) in [6.45, 7) is 9.82. The lowest BCUT2D eigenvalue weighted by Crippen LogP contribution is -2.26. The molecule has 0 bridgehead atoms. The van der Waals surface area contributed by atoms with Gasteiger partial charge in [-0.2, -0.15) is 10.2 Å². The Labute approximate surface area is 136 Å². The fourth-order valence-corrected chi connectivity index (χ4v) is 3.80. The monoisotopic (exact) mass is 313 g/mol. The molecule has 0 spiro atoms. The summed E-state index contributed by atoms with van der Waals surface area (Å²) in [4.78, 5) is 5.14. The molecule has 0 atom stereocenters. The molecule has 2 aliphatic rings. The normalized spacial score (nSPS) is 17.1. The number of fused-ring (bicyclic) bond motifs is 1. The first-order chi connectivity index (χ1) is 10.7. The molecule has 1 aliphatic carbocycles. The molecule has 4 heteroatoms. The van der Waals surface area contributed by atoms with Crippen LogP contribution in [0.25, 0.3) is 5.57 Å². The first kappa shape index (κ1) is 15.4. The Bertz CT molecular complexity index is 672. The Hall–Kier alpha value is -1.52. The predicted molar refractivity (Wildman–Crippen MR) is 97.0 cm³/mol. The lowest BCUT2D eigenvalue weighted by molar-refractivity contribution is 0.313. The Balaban J connectivity index is 1.70. The molecule has 3 nitrogen and oxygen atoms in total. The minimum absolute atomic E-state index is 0.907. The van der Waals surface area contributed by atoms with Gasteiger partial charge in [0.15, 0.2) is 0 Å². The van der Waals surface area contributed by atoms with Crippen LogP contribution in [0.1, 0.15) is 36.4 Å². The Kier molecular flexibility index (Phi) is 4.69. The SMILES string of the molecule is CCN(CC)CCC1=NN=C2CC(c3ccc(C)s3)=CC=C12. The average Bonchev–Trinajstić information content (AvgIpc) is 3.14. The average molecular weight is 313 g/mol. The Morgan fingerprint density at radius 1 is 1.14 bits per heavy atom. The molecule has 0 aromatic carbocycles. The van der Waals surface area contributed by atoms with E-state index in [9.17, 15) is 0 Å². The molecule has 1 aromatic rings. The number of allylic oxidation sites excluding steroid dienone is 4. The molecule has 0 saturated heterocycles. The summed E-state index contributed by atoms with van der Waals surface area (Å²) in [6.07, 6.45) is 6.35. The van der Waals surface area contributed by atoms with Crippen molar-refractivity contribution in [2.24, 2.45) is 10.2 Å². The van der Waals surface area contributed by atoms with Gasteiger partial charge in [-0.25, -0.2) is 0 Å². The molecule has 0 unspecified atom stereocenters. The maximum atomic E-state index is 4.43. The second-order valence-corrected chi connectivity index (χ2v) is 7.02. The van der Waals surface area contributed by atoms with Gasteiger partial charge in [-0.05, 0) is 37.7 Å². The summed E-state index contributed by atoms with van der Waals surface area (Å²) >= 11 is 1.85. The van der Waals surface area contributed by atoms with Gasteiger partial charge < -0.3 is 4.90 Å². The summed E-state index contributed by atoms with van der Waals surface area (Å²) in [6, 6.07) is 4.39. The minimum atomic E-state index is 0.907. The van der Waals surface area contributed by atoms with Gasteiger partial charge in [0, 0.05) is 34.7 Å². The highest BCUT2D eigenvalue weighted by atomic mass is 32.1. The summed E-state index contributed by atoms with van der Waals surface area (Å²) in [5.74, 6) is 0. The highest BCUT2D eigenvalue weighted by Crippen LogP contribution is 2.32. The fraction of sp³-hybridized carbons (Fsp3) is 0.444. The van der Waals surface area contributed by atoms with E-state index in [1.165, 1.54) is 20.9 Å². The van der Waals surface area contributed by atoms with Crippen molar-refractivity contribution >= 4 is 28.3 Å². The zero-order valence-corrected chi connectivity index (χ0v) is 14.4. The summed E-state index contributed by atoms with van der Waals surface area (Å²) < 4.78 is 0. The van der Waals surface area contributed by atoms with Gasteiger partial charge in [-0.3, -0.25) is 0 Å². The molecular formula is C18H23N3S. The highest BCUT2D eigenvalue weighted by molar-refractivity contribution is 7.13. The van der Waals surface area contributed by atoms with E-state index in [2.05, 4.69) is 60.2 Å². The molecule has 0 amide bonds. The topological polar surface area (TPSA) is 28.0 Å². The van der Waals surface area contributed by atoms with Gasteiger partial charge in [0.25, 0.3) is 0 Å². The molecule has 1 aliphatic heterocycles. The molecule has 116 valence electrons. The van der Waals surface area contributed by atoms with Gasteiger partial charge in [-0.1, -0.05) is 26.0 Å². The molecule has 0 radical (unpaired) electrons. The van der Waals surface area contributed by atoms with Crippen LogP contribution in [-0.4, -0.2) is 36.0 Å². The van der Waals surface area contributed by atoms with E-state index < -0.39 is 0 Å². The number of hydrogen-bond donors (Lipinski definition) is 0. The van der Waals surface area contributed by atoms with E-state index in [1.54, 1.807) is 0 Å². The van der Waals surface area contributed by atoms with Crippen molar-refractivity contribution in [2.75, 3.05) is 19.6 Å². The van der Waals surface area contributed by atoms with Crippen LogP contribution in [0.2, 0.25) is 0 Å². The number of aryl methyl sites for hydroxylation is 1. The molecular weight excluding hydrogens is 290 g/mol. The lowest BCUT2D eigenvalue weighted by atomic mass is 9.92. The van der Waals surface area contributed by atoms with Crippen molar-refractivity contribution in [1.82, 2.24) is 4.90 Å². The van der Waals surface area contributed by atoms with E-state index >= 15 is 0 Å². The first-order valence-corrected chi connectivity index (χ1v) is 8.87. The van der Waals surface area contributed by atoms with Crippen LogP contribution in [0, 0.1) is 6.92 Å². The molecule has 3 rings (SSSR count). The number of hydrogen-bond acceptors (Lipinski definition) is 4. The van der Waals surface area contributed by atoms with E-state index in [1.807, 2.05) is 11.3 Å². The van der Waals surface area contributed by atoms with Crippen molar-refractivity contribution in [2.45, 2.75) is 33.6 Å². The van der Waals surface area contributed by atoms with E-state index in [4.69, 9.17) is 0 Å². The summed E-state index contributed by atoms with van der Waals surface area (Å²) in [7, 11) is 0. The van der Waals surface area contributed by atoms with Crippen LogP contribution >= 0.6 is 11.3 Å². The van der Waals surface area contributed by atoms with Crippen LogP contribution < -0.4 is 0 Å². The highest BCUT2D eigenvalue weighted by Gasteiger charge is 2.24. The van der Waals surface area contributed by atoms with Gasteiger partial charge in [0.05, 0.1) is 11.4 Å². The third-order valence-electron chi connectivity index (χ3n) is 4.34. The van der Waals surface area contributed by atoms with Crippen LogP contribution in [-0.2, 0) is 0 Å². The molecule has 1 aromatic heterocycles. The van der Waals surface area contributed by atoms with Crippen LogP contribution in [0.15, 0.2) is 40.1 Å². The fourth-order valence-electron chi connectivity index (χ4n) is 2.91. The molecule has 0 saturated carbocycles. The lowest BCUT2D eigenvalue weighted by Gasteiger charge is -2.18. The quantitative estimate of drug-likeness (QED) is 0.769. The van der Waals surface area contributed by atoms with Crippen LogP contribution in [0.3, 0.4) is 0 Å². The first-order valence-electron chi connectivity index (χ1n) is 8.05. The Morgan fingerprint density at radius 3 is 2.64 bits per heavy atom. The number of rotatable bonds is 6. The van der Waals surface area contributed by atoms with Crippen molar-refractivity contribution in [3.63, 3.8) is 0 Å². The van der Waals surface area contributed by atoms with Crippen molar-refractivity contribution < 1.29 is 0 Å². The predicted octanol–water partition coefficient (Wildman–Crippen LogP) is 4.31.